The standard InChI is InChI=1S/C2H6.C2H4.4CNO/c2*1-2;4*2-1-3/h1-2H3;1-2H2;;;;/q;;4*-1. The Morgan fingerprint density at radius 3 is 0.625 bits per heavy atom. The van der Waals surface area contributed by atoms with E-state index in [4.69, 9.17) is 40.8 Å². The van der Waals surface area contributed by atoms with Gasteiger partial charge in [-0.1, -0.05) is 13.8 Å². The predicted octanol–water partition coefficient (Wildman–Crippen LogP) is 1.39. The summed E-state index contributed by atoms with van der Waals surface area (Å²) in [6.07, 6.45) is 2.00. The van der Waals surface area contributed by atoms with Crippen LogP contribution in [0.5, 0.6) is 0 Å². The van der Waals surface area contributed by atoms with Crippen LogP contribution in [0, 0.1) is 0 Å². The molecule has 0 unspecified atom stereocenters. The Bertz CT molecular complexity index is 168. The van der Waals surface area contributed by atoms with Crippen molar-refractivity contribution in [1.82, 2.24) is 0 Å². The molecular weight excluding hydrogens is 216 g/mol. The Kier molecular flexibility index (Phi) is 2310. The second-order valence-electron chi connectivity index (χ2n) is 0.365. The first-order valence-corrected chi connectivity index (χ1v) is 3.21. The van der Waals surface area contributed by atoms with Crippen LogP contribution < -0.4 is 0 Å². The minimum Gasteiger partial charge on any atom is -0.724 e. The molecule has 0 aliphatic rings. The van der Waals surface area contributed by atoms with Crippen molar-refractivity contribution in [2.45, 2.75) is 13.8 Å². The molecule has 0 saturated heterocycles. The van der Waals surface area contributed by atoms with Crippen molar-refractivity contribution in [2.24, 2.45) is 0 Å². The Labute approximate surface area is 93.0 Å². The van der Waals surface area contributed by atoms with Gasteiger partial charge in [0.2, 0.25) is 0 Å². The van der Waals surface area contributed by atoms with Gasteiger partial charge in [-0.3, -0.25) is 19.2 Å². The fourth-order valence-corrected chi connectivity index (χ4v) is 0. The monoisotopic (exact) mass is 226 g/mol. The Morgan fingerprint density at radius 1 is 0.625 bits per heavy atom. The van der Waals surface area contributed by atoms with Gasteiger partial charge < -0.3 is 21.6 Å². The van der Waals surface area contributed by atoms with Gasteiger partial charge in [0, 0.05) is 0 Å². The lowest BCUT2D eigenvalue weighted by atomic mass is 11.0. The van der Waals surface area contributed by atoms with E-state index in [1.807, 2.05) is 13.8 Å². The average molecular weight is 226 g/mol. The molecule has 0 saturated carbocycles. The van der Waals surface area contributed by atoms with Crippen molar-refractivity contribution in [1.29, 1.82) is 0 Å². The number of nitrogens with zero attached hydrogens (tertiary/aromatic N) is 4. The van der Waals surface area contributed by atoms with Gasteiger partial charge in [0.15, 0.2) is 0 Å². The highest BCUT2D eigenvalue weighted by Crippen LogP contribution is 1.14. The lowest BCUT2D eigenvalue weighted by Crippen LogP contribution is -1.13. The van der Waals surface area contributed by atoms with E-state index in [-0.39, 0.29) is 0 Å². The molecule has 0 aliphatic carbocycles. The van der Waals surface area contributed by atoms with E-state index in [1.54, 1.807) is 0 Å². The van der Waals surface area contributed by atoms with E-state index in [0.717, 1.165) is 0 Å². The summed E-state index contributed by atoms with van der Waals surface area (Å²) in [7, 11) is 0. The number of hydrogen-bond donors (Lipinski definition) is 0. The summed E-state index contributed by atoms with van der Waals surface area (Å²) in [6, 6.07) is 0. The zero-order valence-corrected chi connectivity index (χ0v) is 8.84. The quantitative estimate of drug-likeness (QED) is 0.347. The maximum Gasteiger partial charge on any atom is -0.0159 e. The van der Waals surface area contributed by atoms with Gasteiger partial charge in [-0.15, -0.1) is 13.2 Å². The molecule has 16 heavy (non-hydrogen) atoms. The Morgan fingerprint density at radius 2 is 0.625 bits per heavy atom. The van der Waals surface area contributed by atoms with E-state index >= 15 is 0 Å². The van der Waals surface area contributed by atoms with Crippen LogP contribution in [0.15, 0.2) is 13.2 Å². The summed E-state index contributed by atoms with van der Waals surface area (Å²) in [5.41, 5.74) is 0. The third kappa shape index (κ3) is 158. The lowest BCUT2D eigenvalue weighted by Gasteiger charge is -1.32. The highest BCUT2D eigenvalue weighted by molar-refractivity contribution is 5.37. The fourth-order valence-electron chi connectivity index (χ4n) is 0. The molecule has 8 heteroatoms. The van der Waals surface area contributed by atoms with Gasteiger partial charge in [0.25, 0.3) is 0 Å². The van der Waals surface area contributed by atoms with Crippen molar-refractivity contribution < 1.29 is 19.2 Å². The number of hydrogen-bond acceptors (Lipinski definition) is 4. The molecular formula is C8H10N4O4-4. The van der Waals surface area contributed by atoms with Crippen LogP contribution in [0.1, 0.15) is 13.8 Å². The molecule has 0 fully saturated rings. The molecule has 0 rings (SSSR count). The topological polar surface area (TPSA) is 157 Å². The maximum atomic E-state index is 8.24. The van der Waals surface area contributed by atoms with Gasteiger partial charge in [-0.25, -0.2) is 0 Å². The number of rotatable bonds is 0. The van der Waals surface area contributed by atoms with E-state index in [1.165, 1.54) is 0 Å². The van der Waals surface area contributed by atoms with E-state index in [9.17, 15) is 0 Å². The van der Waals surface area contributed by atoms with Gasteiger partial charge >= 0.3 is 0 Å². The van der Waals surface area contributed by atoms with Gasteiger partial charge in [0.1, 0.15) is 0 Å². The first-order valence-electron chi connectivity index (χ1n) is 3.21. The molecule has 8 nitrogen and oxygen atoms in total. The minimum atomic E-state index is 0.500. The zero-order valence-electron chi connectivity index (χ0n) is 8.84. The predicted molar refractivity (Wildman–Crippen MR) is 58.8 cm³/mol. The summed E-state index contributed by atoms with van der Waals surface area (Å²) in [5, 5.41) is 27.1. The maximum absolute atomic E-state index is 8.24. The normalized spacial score (nSPS) is 2.62. The molecule has 0 aromatic rings. The Balaban J connectivity index is -0.0000000190. The van der Waals surface area contributed by atoms with Crippen molar-refractivity contribution in [3.05, 3.63) is 34.8 Å². The van der Waals surface area contributed by atoms with Crippen LogP contribution in [0.2, 0.25) is 0 Å². The molecule has 0 aromatic carbocycles. The summed E-state index contributed by atoms with van der Waals surface area (Å²) in [4.78, 5) is 32.9. The highest BCUT2D eigenvalue weighted by atomic mass is 16.1. The van der Waals surface area contributed by atoms with Crippen molar-refractivity contribution >= 4 is 24.3 Å². The van der Waals surface area contributed by atoms with E-state index < -0.39 is 0 Å². The molecule has 0 radical (unpaired) electrons. The van der Waals surface area contributed by atoms with E-state index in [0.29, 0.717) is 24.3 Å². The second kappa shape index (κ2) is 979. The van der Waals surface area contributed by atoms with Gasteiger partial charge in [-0.05, 0) is 24.3 Å². The minimum absolute atomic E-state index is 0.500. The van der Waals surface area contributed by atoms with Crippen LogP contribution in [0.4, 0.5) is 0 Å². The Hall–Kier alpha value is -2.74. The third-order valence-electron chi connectivity index (χ3n) is 0. The molecule has 0 aliphatic heterocycles. The first-order chi connectivity index (χ1) is 7.66. The molecule has 0 aromatic heterocycles. The van der Waals surface area contributed by atoms with E-state index in [2.05, 4.69) is 13.2 Å². The van der Waals surface area contributed by atoms with Crippen molar-refractivity contribution in [2.75, 3.05) is 0 Å². The summed E-state index contributed by atoms with van der Waals surface area (Å²) in [5.74, 6) is 0. The summed E-state index contributed by atoms with van der Waals surface area (Å²) >= 11 is 0. The van der Waals surface area contributed by atoms with Crippen molar-refractivity contribution in [3.8, 4) is 0 Å². The number of carbonyl (C=O) groups excluding carboxylic acids is 4. The molecule has 90 valence electrons. The smallest absolute Gasteiger partial charge is 0.0159 e. The lowest BCUT2D eigenvalue weighted by molar-refractivity contribution is 0.568. The zero-order chi connectivity index (χ0) is 14.8. The average Bonchev–Trinajstić information content (AvgIpc) is 2.27. The largest absolute Gasteiger partial charge is 0.724 e. The van der Waals surface area contributed by atoms with Crippen LogP contribution in [-0.4, -0.2) is 24.3 Å². The summed E-state index contributed by atoms with van der Waals surface area (Å²) in [6.45, 7) is 10.0. The molecule has 0 amide bonds. The van der Waals surface area contributed by atoms with Gasteiger partial charge in [0.05, 0.1) is 0 Å². The fraction of sp³-hybridized carbons (Fsp3) is 0.250. The molecule has 0 spiro atoms. The molecule has 0 N–H and O–H groups in total. The molecule has 0 atom stereocenters. The second-order valence-corrected chi connectivity index (χ2v) is 0.365. The van der Waals surface area contributed by atoms with Crippen molar-refractivity contribution in [3.63, 3.8) is 0 Å². The van der Waals surface area contributed by atoms with Gasteiger partial charge in [-0.2, -0.15) is 0 Å². The molecule has 0 bridgehead atoms. The van der Waals surface area contributed by atoms with Crippen LogP contribution in [0.3, 0.4) is 0 Å². The molecule has 0 heterocycles. The van der Waals surface area contributed by atoms with Crippen LogP contribution >= 0.6 is 0 Å². The SMILES string of the molecule is C=C.CC.[N-]=C=O.[N-]=C=O.[N-]=C=O.[N-]=C=O. The van der Waals surface area contributed by atoms with Crippen LogP contribution in [-0.2, 0) is 19.2 Å². The first kappa shape index (κ1) is 37.8. The third-order valence-corrected chi connectivity index (χ3v) is 0. The number of isocyanates is 4. The van der Waals surface area contributed by atoms with Crippen LogP contribution in [0.25, 0.3) is 21.6 Å². The summed E-state index contributed by atoms with van der Waals surface area (Å²) < 4.78 is 0. The highest BCUT2D eigenvalue weighted by Gasteiger charge is 0.932.